The number of ether oxygens (including phenoxy) is 2. The molecule has 2 aromatic heterocycles. The van der Waals surface area contributed by atoms with Gasteiger partial charge in [-0.05, 0) is 44.7 Å². The summed E-state index contributed by atoms with van der Waals surface area (Å²) in [6.07, 6.45) is -4.20. The summed E-state index contributed by atoms with van der Waals surface area (Å²) in [6.45, 7) is 0.925. The molecule has 6 atom stereocenters. The molecule has 1 saturated heterocycles. The first-order valence-corrected chi connectivity index (χ1v) is 14.7. The van der Waals surface area contributed by atoms with Crippen molar-refractivity contribution >= 4 is 53.1 Å². The second kappa shape index (κ2) is 11.5. The zero-order valence-corrected chi connectivity index (χ0v) is 23.5. The Balaban J connectivity index is 1.56. The third-order valence-electron chi connectivity index (χ3n) is 5.52. The lowest BCUT2D eigenvalue weighted by molar-refractivity contribution is -0.149. The molecule has 1 fully saturated rings. The maximum Gasteiger partial charge on any atom is 0.323 e. The molecule has 0 aliphatic carbocycles. The number of imidazole rings is 1. The molecule has 17 heteroatoms. The van der Waals surface area contributed by atoms with Crippen molar-refractivity contribution in [2.45, 2.75) is 56.5 Å². The van der Waals surface area contributed by atoms with E-state index in [0.717, 1.165) is 10.9 Å². The van der Waals surface area contributed by atoms with Crippen molar-refractivity contribution in [3.63, 3.8) is 0 Å². The minimum Gasteiger partial charge on any atom is -0.462 e. The highest BCUT2D eigenvalue weighted by molar-refractivity contribution is 8.09. The van der Waals surface area contributed by atoms with Gasteiger partial charge in [0, 0.05) is 0 Å². The van der Waals surface area contributed by atoms with Crippen LogP contribution in [0.15, 0.2) is 41.5 Å². The number of alkyl halides is 2. The number of nitrogen functional groups attached to an aromatic ring is 1. The normalized spacial score (nSPS) is 25.5. The van der Waals surface area contributed by atoms with Crippen LogP contribution in [0, 0.1) is 0 Å². The van der Waals surface area contributed by atoms with Gasteiger partial charge in [-0.2, -0.15) is 4.98 Å². The molecule has 5 N–H and O–H groups in total. The van der Waals surface area contributed by atoms with Gasteiger partial charge >= 0.3 is 12.6 Å². The van der Waals surface area contributed by atoms with Gasteiger partial charge in [0.05, 0.1) is 19.0 Å². The lowest BCUT2D eigenvalue weighted by Gasteiger charge is -2.28. The molecule has 0 saturated carbocycles. The highest BCUT2D eigenvalue weighted by atomic mass is 35.5. The van der Waals surface area contributed by atoms with Gasteiger partial charge in [-0.1, -0.05) is 29.8 Å². The molecular weight excluding hydrogens is 578 g/mol. The van der Waals surface area contributed by atoms with E-state index in [-0.39, 0.29) is 23.2 Å². The Morgan fingerprint density at radius 1 is 1.41 bits per heavy atom. The standard InChI is InChI=1S/C22H27ClFN6O7PS/c1-11(2)35-19(33)12(3)29-38(39,37-13-7-5-4-6-8-13)34-9-14-16(31)22(23,24)20(36-14)30-10-26-15-17(30)27-21(25)28-18(15)32/h4-8,10-12,14,16,20,31H,9H2,1-3H3,(H,29,39)(H3,25,27,28,32)/t12-,14-,16-,20-,22+,38?/m1/s1. The van der Waals surface area contributed by atoms with Crippen LogP contribution in [0.1, 0.15) is 27.0 Å². The first kappa shape index (κ1) is 29.3. The SMILES string of the molecule is CC(C)OC(=O)[C@@H](C)NP(=S)(OC[C@H]1O[C@@H](n2cnc3c(=O)[nH]c(N)nc32)[C@](F)(Cl)[C@@H]1O)Oc1ccccc1. The van der Waals surface area contributed by atoms with E-state index in [1.807, 2.05) is 0 Å². The molecule has 3 aromatic rings. The molecule has 1 aromatic carbocycles. The summed E-state index contributed by atoms with van der Waals surface area (Å²) in [6, 6.07) is 7.54. The van der Waals surface area contributed by atoms with Crippen molar-refractivity contribution in [1.82, 2.24) is 24.6 Å². The zero-order chi connectivity index (χ0) is 28.5. The van der Waals surface area contributed by atoms with Gasteiger partial charge in [0.2, 0.25) is 5.95 Å². The summed E-state index contributed by atoms with van der Waals surface area (Å²) in [5, 5.41) is 10.7. The number of carbonyl (C=O) groups excluding carboxylic acids is 1. The number of nitrogens with zero attached hydrogens (tertiary/aromatic N) is 3. The summed E-state index contributed by atoms with van der Waals surface area (Å²) in [7, 11) is 0. The van der Waals surface area contributed by atoms with Gasteiger partial charge in [0.25, 0.3) is 10.7 Å². The molecule has 4 rings (SSSR count). The number of aromatic nitrogens is 4. The summed E-state index contributed by atoms with van der Waals surface area (Å²) in [4.78, 5) is 34.7. The Kier molecular flexibility index (Phi) is 8.61. The lowest BCUT2D eigenvalue weighted by Crippen LogP contribution is -2.40. The highest BCUT2D eigenvalue weighted by Gasteiger charge is 2.58. The largest absolute Gasteiger partial charge is 0.462 e. The monoisotopic (exact) mass is 604 g/mol. The number of para-hydroxylation sites is 1. The predicted octanol–water partition coefficient (Wildman–Crippen LogP) is 2.11. The number of carbonyl (C=O) groups is 1. The Hall–Kier alpha value is -2.65. The fourth-order valence-corrected chi connectivity index (χ4v) is 6.44. The van der Waals surface area contributed by atoms with Crippen molar-refractivity contribution in [2.75, 3.05) is 12.3 Å². The molecule has 212 valence electrons. The maximum atomic E-state index is 15.6. The second-order valence-corrected chi connectivity index (χ2v) is 12.7. The lowest BCUT2D eigenvalue weighted by atomic mass is 10.1. The molecule has 0 bridgehead atoms. The number of aliphatic hydroxyl groups excluding tert-OH is 1. The fraction of sp³-hybridized carbons (Fsp3) is 0.455. The number of nitrogens with one attached hydrogen (secondary N) is 2. The van der Waals surface area contributed by atoms with Gasteiger partial charge < -0.3 is 29.4 Å². The Morgan fingerprint density at radius 3 is 2.77 bits per heavy atom. The number of halogens is 2. The number of esters is 1. The van der Waals surface area contributed by atoms with Gasteiger partial charge in [-0.25, -0.2) is 14.5 Å². The van der Waals surface area contributed by atoms with Gasteiger partial charge in [0.15, 0.2) is 17.4 Å². The Morgan fingerprint density at radius 2 is 2.10 bits per heavy atom. The van der Waals surface area contributed by atoms with E-state index in [2.05, 4.69) is 20.0 Å². The quantitative estimate of drug-likeness (QED) is 0.151. The smallest absolute Gasteiger partial charge is 0.323 e. The minimum atomic E-state index is -3.52. The molecule has 3 heterocycles. The molecule has 1 aliphatic heterocycles. The van der Waals surface area contributed by atoms with E-state index in [4.69, 9.17) is 47.7 Å². The van der Waals surface area contributed by atoms with E-state index in [9.17, 15) is 14.7 Å². The number of aromatic amines is 1. The number of hydrogen-bond acceptors (Lipinski definition) is 11. The van der Waals surface area contributed by atoms with Gasteiger partial charge in [-0.15, -0.1) is 0 Å². The maximum absolute atomic E-state index is 15.6. The first-order chi connectivity index (χ1) is 18.3. The predicted molar refractivity (Wildman–Crippen MR) is 143 cm³/mol. The Labute approximate surface area is 232 Å². The molecule has 0 amide bonds. The molecule has 39 heavy (non-hydrogen) atoms. The van der Waals surface area contributed by atoms with Crippen LogP contribution in [0.5, 0.6) is 5.75 Å². The van der Waals surface area contributed by atoms with Crippen molar-refractivity contribution in [2.24, 2.45) is 0 Å². The van der Waals surface area contributed by atoms with Gasteiger partial charge in [-0.3, -0.25) is 19.1 Å². The van der Waals surface area contributed by atoms with E-state index >= 15 is 4.39 Å². The summed E-state index contributed by atoms with van der Waals surface area (Å²) >= 11 is 11.7. The third kappa shape index (κ3) is 6.40. The van der Waals surface area contributed by atoms with Crippen molar-refractivity contribution in [1.29, 1.82) is 0 Å². The minimum absolute atomic E-state index is 0.102. The number of hydrogen-bond donors (Lipinski definition) is 4. The van der Waals surface area contributed by atoms with Crippen molar-refractivity contribution in [3.05, 3.63) is 47.0 Å². The molecule has 1 unspecified atom stereocenters. The van der Waals surface area contributed by atoms with E-state index in [0.29, 0.717) is 5.75 Å². The van der Waals surface area contributed by atoms with Crippen LogP contribution >= 0.6 is 18.2 Å². The van der Waals surface area contributed by atoms with Crippen LogP contribution in [0.4, 0.5) is 10.3 Å². The third-order valence-corrected chi connectivity index (χ3v) is 8.43. The molecule has 0 radical (unpaired) electrons. The van der Waals surface area contributed by atoms with Crippen LogP contribution < -0.4 is 20.9 Å². The summed E-state index contributed by atoms with van der Waals surface area (Å²) in [5.41, 5.74) is 4.73. The molecule has 1 aliphatic rings. The number of H-pyrrole nitrogens is 1. The van der Waals surface area contributed by atoms with Crippen LogP contribution in [0.25, 0.3) is 11.2 Å². The van der Waals surface area contributed by atoms with Crippen LogP contribution in [-0.4, -0.2) is 66.7 Å². The van der Waals surface area contributed by atoms with Gasteiger partial charge in [0.1, 0.15) is 24.0 Å². The average Bonchev–Trinajstić information content (AvgIpc) is 3.36. The number of rotatable bonds is 10. The zero-order valence-electron chi connectivity index (χ0n) is 21.0. The highest BCUT2D eigenvalue weighted by Crippen LogP contribution is 2.49. The number of aliphatic hydroxyl groups is 1. The number of nitrogens with two attached hydrogens (primary N) is 1. The summed E-state index contributed by atoms with van der Waals surface area (Å²) < 4.78 is 39.4. The Bertz CT molecular complexity index is 1440. The first-order valence-electron chi connectivity index (χ1n) is 11.7. The van der Waals surface area contributed by atoms with Crippen LogP contribution in [0.3, 0.4) is 0 Å². The van der Waals surface area contributed by atoms with Crippen molar-refractivity contribution in [3.8, 4) is 5.75 Å². The number of anilines is 1. The van der Waals surface area contributed by atoms with Crippen molar-refractivity contribution < 1.29 is 32.8 Å². The van der Waals surface area contributed by atoms with E-state index in [1.54, 1.807) is 44.2 Å². The molecule has 13 nitrogen and oxygen atoms in total. The van der Waals surface area contributed by atoms with E-state index in [1.165, 1.54) is 6.92 Å². The number of fused-ring (bicyclic) bond motifs is 1. The summed E-state index contributed by atoms with van der Waals surface area (Å²) in [5.74, 6) is -0.477. The molecular formula is C22H27ClFN6O7PS. The van der Waals surface area contributed by atoms with Crippen LogP contribution in [0.2, 0.25) is 0 Å². The number of benzene rings is 1. The van der Waals surface area contributed by atoms with Crippen LogP contribution in [-0.2, 0) is 30.6 Å². The average molecular weight is 605 g/mol. The van der Waals surface area contributed by atoms with E-state index < -0.39 is 54.4 Å². The second-order valence-electron chi connectivity index (χ2n) is 8.96. The topological polar surface area (TPSA) is 176 Å². The molecule has 0 spiro atoms. The fourth-order valence-electron chi connectivity index (χ4n) is 3.73.